The van der Waals surface area contributed by atoms with Crippen LogP contribution in [0.5, 0.6) is 0 Å². The zero-order valence-corrected chi connectivity index (χ0v) is 18.8. The monoisotopic (exact) mass is 462 g/mol. The van der Waals surface area contributed by atoms with E-state index >= 15 is 0 Å². The number of thioether (sulfide) groups is 2. The number of carbonyl (C=O) groups is 2. The molecule has 0 amide bonds. The van der Waals surface area contributed by atoms with Crippen molar-refractivity contribution in [1.82, 2.24) is 5.43 Å². The number of rotatable bonds is 7. The van der Waals surface area contributed by atoms with E-state index in [1.165, 1.54) is 23.5 Å². The van der Waals surface area contributed by atoms with Gasteiger partial charge in [-0.25, -0.2) is 20.0 Å². The zero-order chi connectivity index (χ0) is 22.4. The van der Waals surface area contributed by atoms with E-state index in [4.69, 9.17) is 19.9 Å². The number of hydrogen-bond acceptors (Lipinski definition) is 11. The maximum atomic E-state index is 12.8. The smallest absolute Gasteiger partial charge is 0.343 e. The molecule has 0 saturated carbocycles. The van der Waals surface area contributed by atoms with Gasteiger partial charge in [-0.3, -0.25) is 0 Å². The summed E-state index contributed by atoms with van der Waals surface area (Å²) in [5, 5.41) is 3.37. The zero-order valence-electron chi connectivity index (χ0n) is 17.2. The molecule has 2 aliphatic rings. The van der Waals surface area contributed by atoms with Gasteiger partial charge in [-0.05, 0) is 32.2 Å². The van der Waals surface area contributed by atoms with E-state index in [9.17, 15) is 9.59 Å². The van der Waals surface area contributed by atoms with Crippen molar-refractivity contribution in [3.63, 3.8) is 0 Å². The number of esters is 2. The van der Waals surface area contributed by atoms with Gasteiger partial charge >= 0.3 is 11.9 Å². The van der Waals surface area contributed by atoms with Crippen molar-refractivity contribution in [2.24, 2.45) is 15.8 Å². The molecular formula is C20H22N4O5S2. The second-order valence-electron chi connectivity index (χ2n) is 6.03. The van der Waals surface area contributed by atoms with Crippen LogP contribution in [0.4, 0.5) is 0 Å². The number of hydrogen-bond donors (Lipinski definition) is 2. The fraction of sp³-hybridized carbons (Fsp3) is 0.300. The minimum atomic E-state index is -0.799. The molecule has 2 aliphatic heterocycles. The Morgan fingerprint density at radius 3 is 2.58 bits per heavy atom. The molecule has 0 radical (unpaired) electrons. The molecule has 3 N–H and O–H groups in total. The van der Waals surface area contributed by atoms with Crippen LogP contribution in [0.3, 0.4) is 0 Å². The third kappa shape index (κ3) is 5.05. The van der Waals surface area contributed by atoms with Gasteiger partial charge in [0.2, 0.25) is 11.8 Å². The lowest BCUT2D eigenvalue weighted by Crippen LogP contribution is -2.31. The molecule has 9 nitrogen and oxygen atoms in total. The second kappa shape index (κ2) is 10.4. The van der Waals surface area contributed by atoms with E-state index in [0.717, 1.165) is 5.56 Å². The number of ether oxygens (including phenoxy) is 3. The summed E-state index contributed by atoms with van der Waals surface area (Å²) in [5.74, 6) is -0.788. The second-order valence-corrected chi connectivity index (χ2v) is 8.20. The Balaban J connectivity index is 1.95. The van der Waals surface area contributed by atoms with Gasteiger partial charge in [0, 0.05) is 5.56 Å². The summed E-state index contributed by atoms with van der Waals surface area (Å²) in [6.07, 6.45) is 1.80. The summed E-state index contributed by atoms with van der Waals surface area (Å²) in [6, 6.07) is 9.24. The SMILES string of the molecule is CCOC(=O)C1=C(SC)SC(/C(C(=O)OCC)=C2/NN=C(c3ccccc3)O2)N=C1N. The maximum absolute atomic E-state index is 12.8. The van der Waals surface area contributed by atoms with Gasteiger partial charge in [0.15, 0.2) is 0 Å². The minimum Gasteiger partial charge on any atom is -0.462 e. The first-order valence-corrected chi connectivity index (χ1v) is 11.5. The Bertz CT molecular complexity index is 989. The van der Waals surface area contributed by atoms with Crippen LogP contribution in [0.15, 0.2) is 61.7 Å². The highest BCUT2D eigenvalue weighted by molar-refractivity contribution is 8.22. The van der Waals surface area contributed by atoms with E-state index in [0.29, 0.717) is 10.1 Å². The molecule has 1 aromatic carbocycles. The number of carbonyl (C=O) groups excluding carboxylic acids is 2. The van der Waals surface area contributed by atoms with Gasteiger partial charge in [-0.1, -0.05) is 30.0 Å². The van der Waals surface area contributed by atoms with Crippen molar-refractivity contribution in [2.45, 2.75) is 19.2 Å². The molecule has 0 bridgehead atoms. The van der Waals surface area contributed by atoms with Crippen molar-refractivity contribution in [1.29, 1.82) is 0 Å². The Labute approximate surface area is 188 Å². The van der Waals surface area contributed by atoms with Gasteiger partial charge in [0.25, 0.3) is 0 Å². The molecule has 164 valence electrons. The van der Waals surface area contributed by atoms with Crippen LogP contribution in [-0.4, -0.2) is 48.5 Å². The molecule has 0 fully saturated rings. The standard InChI is InChI=1S/C20H22N4O5S2/c1-4-27-18(25)12-14(21)22-17(31-20(12)30-3)13(19(26)28-5-2)16-24-23-15(29-16)11-9-7-6-8-10-11/h6-10,17,24H,4-5H2,1-3H3,(H2,21,22)/b16-13+. The highest BCUT2D eigenvalue weighted by Gasteiger charge is 2.37. The highest BCUT2D eigenvalue weighted by atomic mass is 32.2. The summed E-state index contributed by atoms with van der Waals surface area (Å²) in [7, 11) is 0. The fourth-order valence-electron chi connectivity index (χ4n) is 2.72. The van der Waals surface area contributed by atoms with Crippen LogP contribution in [0, 0.1) is 0 Å². The maximum Gasteiger partial charge on any atom is 0.343 e. The first-order chi connectivity index (χ1) is 15.0. The minimum absolute atomic E-state index is 0.0175. The lowest BCUT2D eigenvalue weighted by molar-refractivity contribution is -0.139. The van der Waals surface area contributed by atoms with Gasteiger partial charge in [-0.2, -0.15) is 0 Å². The number of hydrazone groups is 1. The molecule has 2 heterocycles. The molecular weight excluding hydrogens is 440 g/mol. The lowest BCUT2D eigenvalue weighted by Gasteiger charge is -2.23. The van der Waals surface area contributed by atoms with Crippen LogP contribution in [-0.2, 0) is 23.8 Å². The van der Waals surface area contributed by atoms with Crippen LogP contribution in [0.1, 0.15) is 19.4 Å². The molecule has 1 aromatic rings. The number of aliphatic imine (C=N–C) groups is 1. The molecule has 0 saturated heterocycles. The summed E-state index contributed by atoms with van der Waals surface area (Å²) in [6.45, 7) is 3.78. The number of nitrogens with zero attached hydrogens (tertiary/aromatic N) is 2. The third-order valence-corrected chi connectivity index (χ3v) is 6.41. The number of amidine groups is 1. The van der Waals surface area contributed by atoms with Crippen molar-refractivity contribution in [3.05, 3.63) is 57.2 Å². The average Bonchev–Trinajstić information content (AvgIpc) is 3.24. The molecule has 0 aliphatic carbocycles. The number of nitrogens with one attached hydrogen (secondary N) is 1. The Morgan fingerprint density at radius 2 is 1.94 bits per heavy atom. The summed E-state index contributed by atoms with van der Waals surface area (Å²) in [4.78, 5) is 29.5. The normalized spacial score (nSPS) is 19.6. The summed E-state index contributed by atoms with van der Waals surface area (Å²) >= 11 is 2.50. The summed E-state index contributed by atoms with van der Waals surface area (Å²) < 4.78 is 16.7. The Morgan fingerprint density at radius 1 is 1.23 bits per heavy atom. The third-order valence-electron chi connectivity index (χ3n) is 4.07. The van der Waals surface area contributed by atoms with Gasteiger partial charge in [0.1, 0.15) is 22.4 Å². The molecule has 3 rings (SSSR count). The molecule has 0 spiro atoms. The van der Waals surface area contributed by atoms with E-state index in [-0.39, 0.29) is 36.1 Å². The highest BCUT2D eigenvalue weighted by Crippen LogP contribution is 2.41. The molecule has 31 heavy (non-hydrogen) atoms. The molecule has 1 unspecified atom stereocenters. The molecule has 1 atom stereocenters. The Hall–Kier alpha value is -2.92. The van der Waals surface area contributed by atoms with E-state index < -0.39 is 17.3 Å². The van der Waals surface area contributed by atoms with Crippen LogP contribution < -0.4 is 11.2 Å². The van der Waals surface area contributed by atoms with Crippen molar-refractivity contribution >= 4 is 47.2 Å². The first kappa shape index (κ1) is 22.8. The van der Waals surface area contributed by atoms with E-state index in [1.807, 2.05) is 30.3 Å². The molecule has 0 aromatic heterocycles. The molecule has 11 heteroatoms. The van der Waals surface area contributed by atoms with E-state index in [2.05, 4.69) is 15.5 Å². The van der Waals surface area contributed by atoms with Gasteiger partial charge in [0.05, 0.1) is 17.5 Å². The number of benzene rings is 1. The average molecular weight is 463 g/mol. The van der Waals surface area contributed by atoms with Crippen LogP contribution in [0.2, 0.25) is 0 Å². The predicted molar refractivity (Wildman–Crippen MR) is 121 cm³/mol. The predicted octanol–water partition coefficient (Wildman–Crippen LogP) is 2.31. The van der Waals surface area contributed by atoms with Crippen LogP contribution in [0.25, 0.3) is 0 Å². The van der Waals surface area contributed by atoms with Crippen LogP contribution >= 0.6 is 23.5 Å². The lowest BCUT2D eigenvalue weighted by atomic mass is 10.2. The summed E-state index contributed by atoms with van der Waals surface area (Å²) in [5.41, 5.74) is 9.88. The van der Waals surface area contributed by atoms with Gasteiger partial charge < -0.3 is 19.9 Å². The number of nitrogens with two attached hydrogens (primary N) is 1. The van der Waals surface area contributed by atoms with Crippen molar-refractivity contribution < 1.29 is 23.8 Å². The van der Waals surface area contributed by atoms with Crippen molar-refractivity contribution in [2.75, 3.05) is 19.5 Å². The Kier molecular flexibility index (Phi) is 7.64. The van der Waals surface area contributed by atoms with Crippen molar-refractivity contribution in [3.8, 4) is 0 Å². The quantitative estimate of drug-likeness (QED) is 0.464. The fourth-order valence-corrected chi connectivity index (χ4v) is 4.77. The van der Waals surface area contributed by atoms with E-state index in [1.54, 1.807) is 20.1 Å². The first-order valence-electron chi connectivity index (χ1n) is 9.44. The topological polar surface area (TPSA) is 125 Å². The van der Waals surface area contributed by atoms with Gasteiger partial charge in [-0.15, -0.1) is 16.9 Å². The largest absolute Gasteiger partial charge is 0.462 e.